The maximum Gasteiger partial charge on any atom is 0.250 e. The number of benzene rings is 2. The Balaban J connectivity index is 1.99. The number of unbranched alkanes of at least 4 members (excludes halogenated alkanes) is 2. The van der Waals surface area contributed by atoms with Crippen molar-refractivity contribution < 1.29 is 19.5 Å². The first-order chi connectivity index (χ1) is 15.0. The van der Waals surface area contributed by atoms with Crippen LogP contribution in [0.4, 0.5) is 0 Å². The molecular weight excluding hydrogens is 394 g/mol. The van der Waals surface area contributed by atoms with E-state index in [-0.39, 0.29) is 18.9 Å². The topological polar surface area (TPSA) is 90.9 Å². The van der Waals surface area contributed by atoms with E-state index in [9.17, 15) is 9.59 Å². The maximum atomic E-state index is 12.7. The number of nitrogens with zero attached hydrogens (tertiary/aromatic N) is 1. The van der Waals surface area contributed by atoms with E-state index < -0.39 is 5.91 Å². The highest BCUT2D eigenvalue weighted by molar-refractivity contribution is 5.94. The van der Waals surface area contributed by atoms with E-state index in [1.807, 2.05) is 62.6 Å². The molecule has 0 saturated heterocycles. The number of nitrogens with one attached hydrogen (secondary N) is 2. The third kappa shape index (κ3) is 8.78. The van der Waals surface area contributed by atoms with Gasteiger partial charge in [-0.2, -0.15) is 0 Å². The van der Waals surface area contributed by atoms with Crippen LogP contribution in [0.1, 0.15) is 32.1 Å². The molecule has 7 heteroatoms. The Morgan fingerprint density at radius 2 is 1.84 bits per heavy atom. The molecule has 0 heterocycles. The van der Waals surface area contributed by atoms with E-state index in [0.717, 1.165) is 35.9 Å². The number of amides is 2. The second-order valence-electron chi connectivity index (χ2n) is 7.69. The van der Waals surface area contributed by atoms with Crippen molar-refractivity contribution in [3.63, 3.8) is 0 Å². The Kier molecular flexibility index (Phi) is 10.5. The van der Waals surface area contributed by atoms with Crippen LogP contribution >= 0.6 is 0 Å². The van der Waals surface area contributed by atoms with Gasteiger partial charge in [0.2, 0.25) is 11.8 Å². The van der Waals surface area contributed by atoms with Crippen LogP contribution in [0.2, 0.25) is 0 Å². The number of hydrogen-bond acceptors (Lipinski definition) is 5. The van der Waals surface area contributed by atoms with Crippen molar-refractivity contribution in [1.29, 1.82) is 0 Å². The summed E-state index contributed by atoms with van der Waals surface area (Å²) in [5, 5.41) is 13.6. The van der Waals surface area contributed by atoms with Gasteiger partial charge in [0, 0.05) is 18.4 Å². The lowest BCUT2D eigenvalue weighted by Crippen LogP contribution is -2.30. The van der Waals surface area contributed by atoms with Crippen LogP contribution in [0.15, 0.2) is 54.1 Å². The molecule has 2 amide bonds. The summed E-state index contributed by atoms with van der Waals surface area (Å²) in [6, 6.07) is 13.8. The number of hydroxylamine groups is 1. The summed E-state index contributed by atoms with van der Waals surface area (Å²) in [5.41, 5.74) is 2.20. The van der Waals surface area contributed by atoms with Crippen LogP contribution < -0.4 is 15.5 Å². The maximum absolute atomic E-state index is 12.7. The third-order valence-electron chi connectivity index (χ3n) is 4.87. The monoisotopic (exact) mass is 427 g/mol. The van der Waals surface area contributed by atoms with E-state index in [2.05, 4.69) is 10.2 Å². The minimum absolute atomic E-state index is 0.132. The minimum Gasteiger partial charge on any atom is -0.488 e. The number of rotatable bonds is 13. The summed E-state index contributed by atoms with van der Waals surface area (Å²) in [5.74, 6) is 0.207. The number of carbonyl (C=O) groups is 2. The first kappa shape index (κ1) is 24.4. The van der Waals surface area contributed by atoms with Crippen LogP contribution in [0.25, 0.3) is 10.8 Å². The second-order valence-corrected chi connectivity index (χ2v) is 7.69. The van der Waals surface area contributed by atoms with E-state index in [4.69, 9.17) is 9.94 Å². The van der Waals surface area contributed by atoms with Gasteiger partial charge in [-0.3, -0.25) is 14.8 Å². The molecule has 0 aromatic heterocycles. The zero-order valence-electron chi connectivity index (χ0n) is 18.4. The molecule has 0 radical (unpaired) electrons. The van der Waals surface area contributed by atoms with E-state index >= 15 is 0 Å². The Morgan fingerprint density at radius 3 is 2.61 bits per heavy atom. The van der Waals surface area contributed by atoms with E-state index in [0.29, 0.717) is 25.0 Å². The fraction of sp³-hybridized carbons (Fsp3) is 0.417. The number of carbonyl (C=O) groups excluding carboxylic acids is 2. The summed E-state index contributed by atoms with van der Waals surface area (Å²) in [6.45, 7) is 1.67. The van der Waals surface area contributed by atoms with Crippen molar-refractivity contribution >= 4 is 22.6 Å². The molecule has 7 nitrogen and oxygen atoms in total. The zero-order chi connectivity index (χ0) is 22.5. The molecule has 2 aromatic carbocycles. The number of allylic oxidation sites excluding steroid dienone is 1. The Bertz CT molecular complexity index is 875. The molecule has 0 bridgehead atoms. The largest absolute Gasteiger partial charge is 0.488 e. The average molecular weight is 428 g/mol. The molecule has 0 unspecified atom stereocenters. The molecule has 0 atom stereocenters. The fourth-order valence-corrected chi connectivity index (χ4v) is 3.17. The van der Waals surface area contributed by atoms with Gasteiger partial charge in [-0.15, -0.1) is 0 Å². The molecule has 31 heavy (non-hydrogen) atoms. The van der Waals surface area contributed by atoms with Gasteiger partial charge in [-0.25, -0.2) is 5.48 Å². The highest BCUT2D eigenvalue weighted by atomic mass is 16.5. The van der Waals surface area contributed by atoms with Crippen LogP contribution in [-0.4, -0.2) is 55.7 Å². The van der Waals surface area contributed by atoms with Crippen LogP contribution in [0.5, 0.6) is 5.75 Å². The predicted octanol–water partition coefficient (Wildman–Crippen LogP) is 3.28. The lowest BCUT2D eigenvalue weighted by Gasteiger charge is -2.14. The van der Waals surface area contributed by atoms with Gasteiger partial charge in [-0.05, 0) is 57.8 Å². The number of hydrogen-bond donors (Lipinski definition) is 3. The van der Waals surface area contributed by atoms with Gasteiger partial charge in [0.25, 0.3) is 0 Å². The first-order valence-electron chi connectivity index (χ1n) is 10.7. The average Bonchev–Trinajstić information content (AvgIpc) is 2.78. The Hall–Kier alpha value is -2.90. The lowest BCUT2D eigenvalue weighted by molar-refractivity contribution is -0.129. The van der Waals surface area contributed by atoms with Gasteiger partial charge in [0.1, 0.15) is 12.4 Å². The van der Waals surface area contributed by atoms with Crippen LogP contribution in [-0.2, 0) is 9.59 Å². The molecule has 0 aliphatic heterocycles. The van der Waals surface area contributed by atoms with E-state index in [1.54, 1.807) is 5.48 Å². The molecule has 0 aliphatic rings. The zero-order valence-corrected chi connectivity index (χ0v) is 18.4. The lowest BCUT2D eigenvalue weighted by atomic mass is 10.1. The van der Waals surface area contributed by atoms with Gasteiger partial charge in [0.05, 0.1) is 5.57 Å². The van der Waals surface area contributed by atoms with Crippen molar-refractivity contribution in [2.24, 2.45) is 0 Å². The van der Waals surface area contributed by atoms with E-state index in [1.165, 1.54) is 0 Å². The smallest absolute Gasteiger partial charge is 0.250 e. The molecule has 0 spiro atoms. The minimum atomic E-state index is -0.401. The normalized spacial score (nSPS) is 11.5. The van der Waals surface area contributed by atoms with Crippen molar-refractivity contribution in [2.75, 3.05) is 33.8 Å². The standard InChI is InChI=1S/C24H33N3O4/c1-27(2)17-9-16-25-24(29)20(11-4-3-5-15-23(28)26-30)18-31-22-14-8-12-19-10-6-7-13-21(19)22/h6-8,10-14,30H,3-5,9,15-18H2,1-2H3,(H,25,29)(H,26,28)/b20-11-. The third-order valence-corrected chi connectivity index (χ3v) is 4.87. The Morgan fingerprint density at radius 1 is 1.06 bits per heavy atom. The quantitative estimate of drug-likeness (QED) is 0.198. The molecular formula is C24H33N3O4. The molecule has 0 aliphatic carbocycles. The van der Waals surface area contributed by atoms with Crippen molar-refractivity contribution in [1.82, 2.24) is 15.7 Å². The second kappa shape index (κ2) is 13.4. The highest BCUT2D eigenvalue weighted by Crippen LogP contribution is 2.25. The van der Waals surface area contributed by atoms with Gasteiger partial charge < -0.3 is 15.0 Å². The summed E-state index contributed by atoms with van der Waals surface area (Å²) in [4.78, 5) is 25.9. The van der Waals surface area contributed by atoms with Gasteiger partial charge in [0.15, 0.2) is 0 Å². The summed E-state index contributed by atoms with van der Waals surface area (Å²) >= 11 is 0. The first-order valence-corrected chi connectivity index (χ1v) is 10.7. The molecule has 3 N–H and O–H groups in total. The molecule has 168 valence electrons. The predicted molar refractivity (Wildman–Crippen MR) is 122 cm³/mol. The number of ether oxygens (including phenoxy) is 1. The molecule has 2 aromatic rings. The van der Waals surface area contributed by atoms with Crippen molar-refractivity contribution in [3.8, 4) is 5.75 Å². The summed E-state index contributed by atoms with van der Waals surface area (Å²) < 4.78 is 6.03. The molecule has 2 rings (SSSR count). The van der Waals surface area contributed by atoms with Gasteiger partial charge >= 0.3 is 0 Å². The van der Waals surface area contributed by atoms with Crippen LogP contribution in [0.3, 0.4) is 0 Å². The summed E-state index contributed by atoms with van der Waals surface area (Å²) in [7, 11) is 4.00. The highest BCUT2D eigenvalue weighted by Gasteiger charge is 2.11. The number of fused-ring (bicyclic) bond motifs is 1. The van der Waals surface area contributed by atoms with Crippen molar-refractivity contribution in [3.05, 3.63) is 54.1 Å². The molecule has 0 fully saturated rings. The van der Waals surface area contributed by atoms with Crippen molar-refractivity contribution in [2.45, 2.75) is 32.1 Å². The SMILES string of the molecule is CN(C)CCCNC(=O)/C(=C\CCCCC(=O)NO)COc1cccc2ccccc12. The van der Waals surface area contributed by atoms with Gasteiger partial charge in [-0.1, -0.05) is 42.5 Å². The van der Waals surface area contributed by atoms with Crippen LogP contribution in [0, 0.1) is 0 Å². The fourth-order valence-electron chi connectivity index (χ4n) is 3.17. The Labute approximate surface area is 184 Å². The summed E-state index contributed by atoms with van der Waals surface area (Å²) in [6.07, 6.45) is 5.01. The molecule has 0 saturated carbocycles.